The summed E-state index contributed by atoms with van der Waals surface area (Å²) in [5, 5.41) is 14.3. The van der Waals surface area contributed by atoms with Crippen molar-refractivity contribution in [3.8, 4) is 5.88 Å². The van der Waals surface area contributed by atoms with Gasteiger partial charge in [0, 0.05) is 18.0 Å². The van der Waals surface area contributed by atoms with Gasteiger partial charge in [-0.2, -0.15) is 0 Å². The number of pyridine rings is 2. The molecule has 4 nitrogen and oxygen atoms in total. The van der Waals surface area contributed by atoms with Gasteiger partial charge < -0.3 is 26.8 Å². The summed E-state index contributed by atoms with van der Waals surface area (Å²) in [5.41, 5.74) is -0.274. The molecule has 0 unspecified atom stereocenters. The normalized spacial score (nSPS) is 14.0. The van der Waals surface area contributed by atoms with Gasteiger partial charge in [0.15, 0.2) is 0 Å². The number of aliphatic hydroxyl groups is 1. The Morgan fingerprint density at radius 1 is 1.23 bits per heavy atom. The molecule has 22 heavy (non-hydrogen) atoms. The van der Waals surface area contributed by atoms with Crippen LogP contribution in [0, 0.1) is 0 Å². The van der Waals surface area contributed by atoms with E-state index >= 15 is 0 Å². The van der Waals surface area contributed by atoms with E-state index in [4.69, 9.17) is 16.3 Å². The minimum absolute atomic E-state index is 0. The van der Waals surface area contributed by atoms with Crippen LogP contribution in [0.3, 0.4) is 0 Å². The summed E-state index contributed by atoms with van der Waals surface area (Å²) in [6, 6.07) is 1.74. The third kappa shape index (κ3) is 4.68. The molecule has 0 aliphatic heterocycles. The Hall–Kier alpha value is -0.144. The van der Waals surface area contributed by atoms with Gasteiger partial charge in [0.2, 0.25) is 5.88 Å². The van der Waals surface area contributed by atoms with Crippen molar-refractivity contribution in [2.45, 2.75) is 43.4 Å². The topological polar surface area (TPSA) is 55.2 Å². The second-order valence-corrected chi connectivity index (χ2v) is 5.79. The number of hydrogen-bond acceptors (Lipinski definition) is 4. The van der Waals surface area contributed by atoms with Crippen molar-refractivity contribution in [2.24, 2.45) is 0 Å². The van der Waals surface area contributed by atoms with Crippen molar-refractivity contribution in [3.63, 3.8) is 0 Å². The van der Waals surface area contributed by atoms with Gasteiger partial charge in [0.05, 0.1) is 11.0 Å². The third-order valence-electron chi connectivity index (χ3n) is 3.16. The first-order chi connectivity index (χ1) is 9.95. The van der Waals surface area contributed by atoms with Gasteiger partial charge in [-0.05, 0) is 38.1 Å². The van der Waals surface area contributed by atoms with E-state index in [1.165, 1.54) is 0 Å². The third-order valence-corrected chi connectivity index (χ3v) is 3.37. The van der Waals surface area contributed by atoms with E-state index < -0.39 is 5.60 Å². The van der Waals surface area contributed by atoms with E-state index in [0.29, 0.717) is 11.0 Å². The van der Waals surface area contributed by atoms with Gasteiger partial charge >= 0.3 is 26.8 Å². The number of halogens is 2. The number of rotatable bonds is 3. The molecule has 0 saturated heterocycles. The molecule has 0 radical (unpaired) electrons. The van der Waals surface area contributed by atoms with Gasteiger partial charge in [-0.3, -0.25) is 0 Å². The zero-order valence-electron chi connectivity index (χ0n) is 12.9. The molecule has 7 heteroatoms. The standard InChI is InChI=1S/C14H15ClN2O2.CH3.BrH.Mg/c1-14(2,18)11-7-17-13(19-8-3-4-8)10-6-16-12(15)5-9(10)11;;;/h5-8,18H,3-4H2,1-2H3;1H3;1H;/q;;;+1/p-1. The van der Waals surface area contributed by atoms with Crippen LogP contribution in [-0.2, 0) is 5.60 Å². The van der Waals surface area contributed by atoms with E-state index in [2.05, 4.69) is 9.97 Å². The minimum atomic E-state index is -0.992. The average molecular weight is 398 g/mol. The predicted molar refractivity (Wildman–Crippen MR) is 85.1 cm³/mol. The van der Waals surface area contributed by atoms with E-state index in [1.807, 2.05) is 26.8 Å². The molecule has 0 spiro atoms. The summed E-state index contributed by atoms with van der Waals surface area (Å²) in [5.74, 6) is 0.565. The number of nitrogens with zero attached hydrogens (tertiary/aromatic N) is 2. The molecule has 2 aromatic rings. The monoisotopic (exact) mass is 396 g/mol. The van der Waals surface area contributed by atoms with Crippen molar-refractivity contribution in [2.75, 3.05) is 0 Å². The molecule has 3 rings (SSSR count). The molecule has 0 bridgehead atoms. The summed E-state index contributed by atoms with van der Waals surface area (Å²) in [6.07, 6.45) is 5.70. The van der Waals surface area contributed by atoms with Gasteiger partial charge in [-0.1, -0.05) is 11.6 Å². The fourth-order valence-electron chi connectivity index (χ4n) is 2.01. The number of fused-ring (bicyclic) bond motifs is 1. The van der Waals surface area contributed by atoms with Crippen LogP contribution >= 0.6 is 11.6 Å². The average Bonchev–Trinajstić information content (AvgIpc) is 3.23. The second-order valence-electron chi connectivity index (χ2n) is 5.41. The molecule has 2 heterocycles. The van der Waals surface area contributed by atoms with Crippen LogP contribution in [0.15, 0.2) is 18.5 Å². The molecule has 2 aromatic heterocycles. The maximum absolute atomic E-state index is 10.2. The zero-order chi connectivity index (χ0) is 15.6. The first-order valence-corrected chi connectivity index (χ1v) is 8.79. The predicted octanol–water partition coefficient (Wildman–Crippen LogP) is 0.259. The van der Waals surface area contributed by atoms with Crippen LogP contribution in [0.5, 0.6) is 5.88 Å². The molecule has 0 aromatic carbocycles. The molecular weight excluding hydrogens is 380 g/mol. The summed E-state index contributed by atoms with van der Waals surface area (Å²) >= 11 is 7.82. The number of ether oxygens (including phenoxy) is 1. The molecule has 1 aliphatic rings. The van der Waals surface area contributed by atoms with Crippen LogP contribution < -0.4 is 21.7 Å². The van der Waals surface area contributed by atoms with Crippen molar-refractivity contribution in [3.05, 3.63) is 29.2 Å². The fraction of sp³-hybridized carbons (Fsp3) is 0.467. The first-order valence-electron chi connectivity index (χ1n) is 6.99. The Balaban J connectivity index is 0.000000775. The molecule has 0 amide bonds. The van der Waals surface area contributed by atoms with Gasteiger partial charge in [-0.25, -0.2) is 9.97 Å². The number of hydrogen-bond donors (Lipinski definition) is 1. The fourth-order valence-corrected chi connectivity index (χ4v) is 2.17. The van der Waals surface area contributed by atoms with Crippen LogP contribution in [0.4, 0.5) is 0 Å². The summed E-state index contributed by atoms with van der Waals surface area (Å²) in [6.45, 7) is 3.44. The van der Waals surface area contributed by atoms with Gasteiger partial charge in [0.1, 0.15) is 11.3 Å². The molecule has 116 valence electrons. The van der Waals surface area contributed by atoms with Crippen LogP contribution in [0.25, 0.3) is 10.8 Å². The Morgan fingerprint density at radius 2 is 1.86 bits per heavy atom. The zero-order valence-corrected chi connectivity index (χ0v) is 16.7. The van der Waals surface area contributed by atoms with Crippen LogP contribution in [-0.4, -0.2) is 42.9 Å². The molecule has 1 saturated carbocycles. The van der Waals surface area contributed by atoms with E-state index in [1.54, 1.807) is 32.3 Å². The Labute approximate surface area is 158 Å². The molecule has 1 aliphatic carbocycles. The Kier molecular flexibility index (Phi) is 7.33. The SMILES string of the molecule is CC(C)(O)c1cnc(OC2CC2)c2cnc(Cl)cc12.[Br-].[CH3][Mg+]. The van der Waals surface area contributed by atoms with E-state index in [9.17, 15) is 5.11 Å². The molecule has 1 N–H and O–H groups in total. The summed E-state index contributed by atoms with van der Waals surface area (Å²) in [4.78, 5) is 8.40. The van der Waals surface area contributed by atoms with Gasteiger partial charge in [-0.15, -0.1) is 0 Å². The van der Waals surface area contributed by atoms with Crippen molar-refractivity contribution >= 4 is 44.1 Å². The summed E-state index contributed by atoms with van der Waals surface area (Å²) < 4.78 is 5.77. The number of aromatic nitrogens is 2. The van der Waals surface area contributed by atoms with Crippen molar-refractivity contribution < 1.29 is 26.8 Å². The molecular formula is C15H18BrClMgN2O2. The van der Waals surface area contributed by atoms with Crippen LogP contribution in [0.2, 0.25) is 10.2 Å². The summed E-state index contributed by atoms with van der Waals surface area (Å²) in [7, 11) is 0. The molecule has 1 fully saturated rings. The maximum atomic E-state index is 10.2. The van der Waals surface area contributed by atoms with Crippen molar-refractivity contribution in [1.82, 2.24) is 9.97 Å². The second kappa shape index (κ2) is 8.10. The van der Waals surface area contributed by atoms with E-state index in [-0.39, 0.29) is 23.1 Å². The van der Waals surface area contributed by atoms with Crippen LogP contribution in [0.1, 0.15) is 32.3 Å². The quantitative estimate of drug-likeness (QED) is 0.596. The first kappa shape index (κ1) is 19.9. The van der Waals surface area contributed by atoms with E-state index in [0.717, 1.165) is 29.2 Å². The van der Waals surface area contributed by atoms with Gasteiger partial charge in [0.25, 0.3) is 0 Å². The Bertz CT molecular complexity index is 645. The molecule has 0 atom stereocenters. The Morgan fingerprint density at radius 3 is 2.41 bits per heavy atom. The van der Waals surface area contributed by atoms with Crippen molar-refractivity contribution in [1.29, 1.82) is 0 Å².